The van der Waals surface area contributed by atoms with E-state index in [1.165, 1.54) is 5.56 Å². The van der Waals surface area contributed by atoms with Crippen LogP contribution in [-0.2, 0) is 24.9 Å². The predicted molar refractivity (Wildman–Crippen MR) is 150 cm³/mol. The van der Waals surface area contributed by atoms with Crippen LogP contribution in [-0.4, -0.2) is 81.6 Å². The van der Waals surface area contributed by atoms with Crippen LogP contribution in [0.2, 0.25) is 0 Å². The molecule has 0 aliphatic carbocycles. The van der Waals surface area contributed by atoms with Crippen LogP contribution in [0.4, 0.5) is 0 Å². The number of carbonyl (C=O) groups excluding carboxylic acids is 1. The van der Waals surface area contributed by atoms with Crippen LogP contribution in [0.3, 0.4) is 0 Å². The second-order valence-electron chi connectivity index (χ2n) is 10.3. The lowest BCUT2D eigenvalue weighted by molar-refractivity contribution is 0.0341. The van der Waals surface area contributed by atoms with Crippen LogP contribution < -0.4 is 9.47 Å². The third kappa shape index (κ3) is 5.32. The smallest absolute Gasteiger partial charge is 0.274 e. The number of nitrogens with zero attached hydrogens (tertiary/aromatic N) is 6. The van der Waals surface area contributed by atoms with Crippen molar-refractivity contribution < 1.29 is 19.0 Å². The molecule has 208 valence electrons. The Bertz CT molecular complexity index is 1500. The Morgan fingerprint density at radius 3 is 2.67 bits per heavy atom. The molecule has 2 aliphatic heterocycles. The summed E-state index contributed by atoms with van der Waals surface area (Å²) in [6.45, 7) is 7.11. The summed E-state index contributed by atoms with van der Waals surface area (Å²) in [5.41, 5.74) is 5.46. The maximum Gasteiger partial charge on any atom is 0.274 e. The van der Waals surface area contributed by atoms with Gasteiger partial charge in [0.2, 0.25) is 0 Å². The van der Waals surface area contributed by atoms with Gasteiger partial charge in [-0.3, -0.25) is 18.9 Å². The number of ether oxygens (including phenoxy) is 3. The molecule has 1 saturated heterocycles. The van der Waals surface area contributed by atoms with Gasteiger partial charge in [-0.2, -0.15) is 5.10 Å². The molecule has 0 N–H and O–H groups in total. The summed E-state index contributed by atoms with van der Waals surface area (Å²) in [6, 6.07) is 14.2. The highest BCUT2D eigenvalue weighted by Crippen LogP contribution is 2.33. The van der Waals surface area contributed by atoms with E-state index >= 15 is 0 Å². The van der Waals surface area contributed by atoms with Crippen molar-refractivity contribution in [3.63, 3.8) is 0 Å². The SMILES string of the molecule is COc1ccc2cc1OCCN(C(=O)c1cc(C)n(C)n1)Cc1cc(CN3CCOCC3)cc(c1)-n1ccnc1-2. The summed E-state index contributed by atoms with van der Waals surface area (Å²) >= 11 is 0. The van der Waals surface area contributed by atoms with Crippen molar-refractivity contribution in [2.45, 2.75) is 20.0 Å². The number of carbonyl (C=O) groups is 1. The molecular weight excluding hydrogens is 508 g/mol. The van der Waals surface area contributed by atoms with Gasteiger partial charge in [0.1, 0.15) is 12.4 Å². The fourth-order valence-electron chi connectivity index (χ4n) is 5.30. The Balaban J connectivity index is 1.44. The largest absolute Gasteiger partial charge is 0.493 e. The highest BCUT2D eigenvalue weighted by molar-refractivity contribution is 5.92. The zero-order valence-corrected chi connectivity index (χ0v) is 23.2. The van der Waals surface area contributed by atoms with Gasteiger partial charge in [0, 0.05) is 62.6 Å². The Hall–Kier alpha value is -4.15. The van der Waals surface area contributed by atoms with Gasteiger partial charge in [-0.15, -0.1) is 0 Å². The van der Waals surface area contributed by atoms with Crippen molar-refractivity contribution in [2.75, 3.05) is 46.6 Å². The number of aryl methyl sites for hydroxylation is 2. The van der Waals surface area contributed by atoms with E-state index in [1.54, 1.807) is 18.0 Å². The first-order chi connectivity index (χ1) is 19.5. The van der Waals surface area contributed by atoms with E-state index in [0.29, 0.717) is 36.9 Å². The summed E-state index contributed by atoms with van der Waals surface area (Å²) in [5.74, 6) is 1.90. The molecule has 0 spiro atoms. The summed E-state index contributed by atoms with van der Waals surface area (Å²) in [7, 11) is 3.47. The van der Waals surface area contributed by atoms with Gasteiger partial charge in [-0.25, -0.2) is 4.98 Å². The molecule has 0 saturated carbocycles. The minimum absolute atomic E-state index is 0.133. The first-order valence-electron chi connectivity index (χ1n) is 13.6. The molecule has 0 atom stereocenters. The quantitative estimate of drug-likeness (QED) is 0.390. The lowest BCUT2D eigenvalue weighted by Gasteiger charge is -2.27. The average Bonchev–Trinajstić information content (AvgIpc) is 3.59. The van der Waals surface area contributed by atoms with Crippen LogP contribution in [0, 0.1) is 6.92 Å². The van der Waals surface area contributed by atoms with E-state index in [-0.39, 0.29) is 5.91 Å². The molecular formula is C30H34N6O4. The molecule has 4 heterocycles. The highest BCUT2D eigenvalue weighted by Gasteiger charge is 2.22. The maximum atomic E-state index is 13.7. The van der Waals surface area contributed by atoms with Crippen molar-refractivity contribution in [3.8, 4) is 28.6 Å². The number of benzene rings is 2. The Kier molecular flexibility index (Phi) is 7.27. The van der Waals surface area contributed by atoms with Crippen molar-refractivity contribution in [2.24, 2.45) is 7.05 Å². The monoisotopic (exact) mass is 542 g/mol. The minimum atomic E-state index is -0.133. The summed E-state index contributed by atoms with van der Waals surface area (Å²) in [5, 5.41) is 4.46. The number of fused-ring (bicyclic) bond motifs is 7. The maximum absolute atomic E-state index is 13.7. The van der Waals surface area contributed by atoms with Crippen molar-refractivity contribution in [1.82, 2.24) is 29.1 Å². The number of aromatic nitrogens is 4. The minimum Gasteiger partial charge on any atom is -0.493 e. The van der Waals surface area contributed by atoms with Crippen molar-refractivity contribution in [1.29, 1.82) is 0 Å². The molecule has 40 heavy (non-hydrogen) atoms. The molecule has 2 aromatic heterocycles. The first kappa shape index (κ1) is 26.1. The van der Waals surface area contributed by atoms with Gasteiger partial charge in [0.25, 0.3) is 5.91 Å². The van der Waals surface area contributed by atoms with Crippen molar-refractivity contribution >= 4 is 5.91 Å². The number of methoxy groups -OCH3 is 1. The first-order valence-corrected chi connectivity index (χ1v) is 13.6. The summed E-state index contributed by atoms with van der Waals surface area (Å²) < 4.78 is 21.1. The molecule has 0 radical (unpaired) electrons. The molecule has 1 fully saturated rings. The fraction of sp³-hybridized carbons (Fsp3) is 0.367. The standard InChI is InChI=1S/C30H34N6O4/c1-21-14-26(32-33(21)2)30(37)35-10-13-40-28-18-24(4-5-27(28)38-3)29-31-6-7-36(29)25-16-22(15-23(17-25)20-35)19-34-8-11-39-12-9-34/h4-7,14-18H,8-13,19-20H2,1-3H3. The van der Waals surface area contributed by atoms with E-state index in [2.05, 4.69) is 32.8 Å². The van der Waals surface area contributed by atoms with Crippen LogP contribution in [0.1, 0.15) is 27.3 Å². The van der Waals surface area contributed by atoms with Gasteiger partial charge in [0.15, 0.2) is 17.2 Å². The second-order valence-corrected chi connectivity index (χ2v) is 10.3. The van der Waals surface area contributed by atoms with E-state index in [9.17, 15) is 4.79 Å². The second kappa shape index (κ2) is 11.1. The lowest BCUT2D eigenvalue weighted by atomic mass is 10.1. The number of rotatable bonds is 4. The predicted octanol–water partition coefficient (Wildman–Crippen LogP) is 3.46. The van der Waals surface area contributed by atoms with E-state index in [0.717, 1.165) is 61.2 Å². The van der Waals surface area contributed by atoms with Crippen LogP contribution in [0.5, 0.6) is 11.5 Å². The molecule has 4 aromatic rings. The number of imidazole rings is 1. The van der Waals surface area contributed by atoms with Crippen LogP contribution in [0.15, 0.2) is 54.9 Å². The zero-order chi connectivity index (χ0) is 27.6. The number of morpholine rings is 1. The van der Waals surface area contributed by atoms with Gasteiger partial charge in [-0.05, 0) is 54.4 Å². The Morgan fingerprint density at radius 2 is 1.90 bits per heavy atom. The van der Waals surface area contributed by atoms with Crippen molar-refractivity contribution in [3.05, 3.63) is 77.4 Å². The van der Waals surface area contributed by atoms with E-state index < -0.39 is 0 Å². The topological polar surface area (TPSA) is 86.9 Å². The van der Waals surface area contributed by atoms with Gasteiger partial charge in [0.05, 0.1) is 26.9 Å². The Morgan fingerprint density at radius 1 is 1.05 bits per heavy atom. The number of hydrogen-bond acceptors (Lipinski definition) is 7. The Labute approximate surface area is 233 Å². The third-order valence-corrected chi connectivity index (χ3v) is 7.50. The number of hydrogen-bond donors (Lipinski definition) is 0. The lowest BCUT2D eigenvalue weighted by Crippen LogP contribution is -2.36. The zero-order valence-electron chi connectivity index (χ0n) is 23.2. The molecule has 2 aliphatic rings. The van der Waals surface area contributed by atoms with Gasteiger partial charge in [-0.1, -0.05) is 6.07 Å². The highest BCUT2D eigenvalue weighted by atomic mass is 16.5. The molecule has 10 heteroatoms. The molecule has 10 nitrogen and oxygen atoms in total. The average molecular weight is 543 g/mol. The van der Waals surface area contributed by atoms with Gasteiger partial charge >= 0.3 is 0 Å². The molecule has 0 unspecified atom stereocenters. The third-order valence-electron chi connectivity index (χ3n) is 7.50. The normalized spacial score (nSPS) is 15.8. The molecule has 1 amide bonds. The summed E-state index contributed by atoms with van der Waals surface area (Å²) in [4.78, 5) is 22.6. The van der Waals surface area contributed by atoms with Gasteiger partial charge < -0.3 is 19.1 Å². The molecule has 4 bridgehead atoms. The van der Waals surface area contributed by atoms with E-state index in [4.69, 9.17) is 19.2 Å². The fourth-order valence-corrected chi connectivity index (χ4v) is 5.30. The van der Waals surface area contributed by atoms with Crippen LogP contribution in [0.25, 0.3) is 17.1 Å². The summed E-state index contributed by atoms with van der Waals surface area (Å²) in [6.07, 6.45) is 3.77. The van der Waals surface area contributed by atoms with E-state index in [1.807, 2.05) is 49.3 Å². The van der Waals surface area contributed by atoms with Crippen LogP contribution >= 0.6 is 0 Å². The molecule has 6 rings (SSSR count). The molecule has 2 aromatic carbocycles. The number of amides is 1.